The molecule has 1 aliphatic rings. The second-order valence-corrected chi connectivity index (χ2v) is 11.1. The molecule has 6 nitrogen and oxygen atoms in total. The molecule has 2 aromatic carbocycles. The highest BCUT2D eigenvalue weighted by Gasteiger charge is 2.26. The standard InChI is InChI=1S/C30H30N4O2S2/c1-2-21-10-12-22(13-11-21)24-7-3-4-8-25(24)32-29(36)26-19-38-30(33-26)23-14-17-34(18-15-23)28(35)20-37-27-9-5-6-16-31-27/h3-13,16,19,23H,2,14-15,17-18,20H2,1H3,(H,32,36). The van der Waals surface area contributed by atoms with Gasteiger partial charge in [0.1, 0.15) is 5.69 Å². The van der Waals surface area contributed by atoms with Gasteiger partial charge in [0.15, 0.2) is 0 Å². The number of thiazole rings is 1. The van der Waals surface area contributed by atoms with Crippen LogP contribution in [0.5, 0.6) is 0 Å². The van der Waals surface area contributed by atoms with E-state index >= 15 is 0 Å². The first-order valence-corrected chi connectivity index (χ1v) is 14.7. The van der Waals surface area contributed by atoms with Crippen LogP contribution >= 0.6 is 23.1 Å². The Hall–Kier alpha value is -3.49. The number of para-hydroxylation sites is 1. The summed E-state index contributed by atoms with van der Waals surface area (Å²) in [5.74, 6) is 0.594. The predicted octanol–water partition coefficient (Wildman–Crippen LogP) is 6.52. The lowest BCUT2D eigenvalue weighted by molar-refractivity contribution is -0.129. The third kappa shape index (κ3) is 6.31. The van der Waals surface area contributed by atoms with Gasteiger partial charge in [0, 0.05) is 41.8 Å². The maximum Gasteiger partial charge on any atom is 0.275 e. The molecule has 0 atom stereocenters. The van der Waals surface area contributed by atoms with Crippen LogP contribution in [-0.2, 0) is 11.2 Å². The van der Waals surface area contributed by atoms with Crippen LogP contribution in [0.3, 0.4) is 0 Å². The fraction of sp³-hybridized carbons (Fsp3) is 0.267. The molecule has 0 spiro atoms. The molecule has 194 valence electrons. The van der Waals surface area contributed by atoms with Crippen LogP contribution < -0.4 is 5.32 Å². The number of thioether (sulfide) groups is 1. The van der Waals surface area contributed by atoms with Crippen molar-refractivity contribution in [3.05, 3.63) is 94.6 Å². The molecule has 2 aromatic heterocycles. The van der Waals surface area contributed by atoms with Crippen molar-refractivity contribution in [2.24, 2.45) is 0 Å². The molecule has 1 N–H and O–H groups in total. The third-order valence-electron chi connectivity index (χ3n) is 6.78. The first-order chi connectivity index (χ1) is 18.6. The Morgan fingerprint density at radius 3 is 2.53 bits per heavy atom. The molecule has 0 aliphatic carbocycles. The zero-order valence-electron chi connectivity index (χ0n) is 21.3. The number of anilines is 1. The van der Waals surface area contributed by atoms with Gasteiger partial charge in [0.25, 0.3) is 5.91 Å². The number of carbonyl (C=O) groups is 2. The highest BCUT2D eigenvalue weighted by atomic mass is 32.2. The minimum atomic E-state index is -0.204. The summed E-state index contributed by atoms with van der Waals surface area (Å²) in [5, 5.41) is 6.73. The number of hydrogen-bond donors (Lipinski definition) is 1. The molecule has 1 fully saturated rings. The molecule has 3 heterocycles. The van der Waals surface area contributed by atoms with E-state index in [1.807, 2.05) is 52.7 Å². The van der Waals surface area contributed by atoms with Gasteiger partial charge < -0.3 is 10.2 Å². The van der Waals surface area contributed by atoms with E-state index in [0.29, 0.717) is 24.5 Å². The van der Waals surface area contributed by atoms with Gasteiger partial charge in [-0.15, -0.1) is 11.3 Å². The highest BCUT2D eigenvalue weighted by Crippen LogP contribution is 2.32. The van der Waals surface area contributed by atoms with E-state index in [9.17, 15) is 9.59 Å². The van der Waals surface area contributed by atoms with Crippen LogP contribution in [0, 0.1) is 0 Å². The summed E-state index contributed by atoms with van der Waals surface area (Å²) >= 11 is 3.00. The Bertz CT molecular complexity index is 1380. The largest absolute Gasteiger partial charge is 0.342 e. The Morgan fingerprint density at radius 2 is 1.79 bits per heavy atom. The van der Waals surface area contributed by atoms with Crippen LogP contribution in [0.4, 0.5) is 5.69 Å². The Kier molecular flexibility index (Phi) is 8.51. The van der Waals surface area contributed by atoms with Crippen molar-refractivity contribution >= 4 is 40.6 Å². The topological polar surface area (TPSA) is 75.2 Å². The number of likely N-dealkylation sites (tertiary alicyclic amines) is 1. The highest BCUT2D eigenvalue weighted by molar-refractivity contribution is 7.99. The van der Waals surface area contributed by atoms with E-state index in [2.05, 4.69) is 41.5 Å². The molecule has 0 unspecified atom stereocenters. The van der Waals surface area contributed by atoms with Crippen LogP contribution in [0.15, 0.2) is 83.3 Å². The first-order valence-electron chi connectivity index (χ1n) is 12.9. The molecule has 0 bridgehead atoms. The fourth-order valence-electron chi connectivity index (χ4n) is 4.56. The Labute approximate surface area is 231 Å². The van der Waals surface area contributed by atoms with E-state index in [1.54, 1.807) is 6.20 Å². The van der Waals surface area contributed by atoms with Crippen molar-refractivity contribution in [3.8, 4) is 11.1 Å². The second-order valence-electron chi connectivity index (χ2n) is 9.23. The summed E-state index contributed by atoms with van der Waals surface area (Å²) in [5.41, 5.74) is 4.54. The summed E-state index contributed by atoms with van der Waals surface area (Å²) in [4.78, 5) is 36.6. The lowest BCUT2D eigenvalue weighted by Crippen LogP contribution is -2.38. The summed E-state index contributed by atoms with van der Waals surface area (Å²) < 4.78 is 0. The molecule has 38 heavy (non-hydrogen) atoms. The van der Waals surface area contributed by atoms with Crippen molar-refractivity contribution in [1.29, 1.82) is 0 Å². The normalized spacial score (nSPS) is 13.9. The number of nitrogens with zero attached hydrogens (tertiary/aromatic N) is 3. The average Bonchev–Trinajstić information content (AvgIpc) is 3.48. The van der Waals surface area contributed by atoms with Crippen molar-refractivity contribution in [3.63, 3.8) is 0 Å². The Balaban J connectivity index is 1.17. The lowest BCUT2D eigenvalue weighted by Gasteiger charge is -2.31. The van der Waals surface area contributed by atoms with E-state index in [1.165, 1.54) is 28.7 Å². The van der Waals surface area contributed by atoms with Crippen LogP contribution in [0.1, 0.15) is 46.7 Å². The quantitative estimate of drug-likeness (QED) is 0.257. The molecule has 8 heteroatoms. The second kappa shape index (κ2) is 12.4. The van der Waals surface area contributed by atoms with E-state index < -0.39 is 0 Å². The molecule has 2 amide bonds. The molecule has 4 aromatic rings. The molecule has 0 radical (unpaired) electrons. The van der Waals surface area contributed by atoms with Crippen LogP contribution in [-0.4, -0.2) is 45.5 Å². The van der Waals surface area contributed by atoms with Crippen molar-refractivity contribution < 1.29 is 9.59 Å². The number of aryl methyl sites for hydroxylation is 1. The smallest absolute Gasteiger partial charge is 0.275 e. The number of pyridine rings is 1. The summed E-state index contributed by atoms with van der Waals surface area (Å²) in [6.45, 7) is 3.55. The van der Waals surface area contributed by atoms with Gasteiger partial charge in [-0.1, -0.05) is 67.2 Å². The maximum atomic E-state index is 13.1. The van der Waals surface area contributed by atoms with Gasteiger partial charge in [-0.25, -0.2) is 9.97 Å². The minimum absolute atomic E-state index is 0.140. The molecule has 5 rings (SSSR count). The summed E-state index contributed by atoms with van der Waals surface area (Å²) in [7, 11) is 0. The Morgan fingerprint density at radius 1 is 1.03 bits per heavy atom. The van der Waals surface area contributed by atoms with Crippen molar-refractivity contribution in [2.45, 2.75) is 37.1 Å². The number of piperidine rings is 1. The molecule has 0 saturated carbocycles. The first kappa shape index (κ1) is 26.1. The van der Waals surface area contributed by atoms with Gasteiger partial charge in [0.05, 0.1) is 15.8 Å². The maximum absolute atomic E-state index is 13.1. The van der Waals surface area contributed by atoms with Gasteiger partial charge >= 0.3 is 0 Å². The third-order valence-corrected chi connectivity index (χ3v) is 8.72. The van der Waals surface area contributed by atoms with Gasteiger partial charge in [-0.2, -0.15) is 0 Å². The van der Waals surface area contributed by atoms with Crippen molar-refractivity contribution in [2.75, 3.05) is 24.2 Å². The van der Waals surface area contributed by atoms with Gasteiger partial charge in [-0.05, 0) is 48.6 Å². The number of carbonyl (C=O) groups excluding carboxylic acids is 2. The minimum Gasteiger partial charge on any atom is -0.342 e. The number of aromatic nitrogens is 2. The monoisotopic (exact) mass is 542 g/mol. The lowest BCUT2D eigenvalue weighted by atomic mass is 9.97. The van der Waals surface area contributed by atoms with Gasteiger partial charge in [-0.3, -0.25) is 9.59 Å². The zero-order valence-corrected chi connectivity index (χ0v) is 22.9. The molecule has 1 saturated heterocycles. The summed E-state index contributed by atoms with van der Waals surface area (Å²) in [6.07, 6.45) is 4.44. The number of benzene rings is 2. The SMILES string of the molecule is CCc1ccc(-c2ccccc2NC(=O)c2csc(C3CCN(C(=O)CSc4ccccn4)CC3)n2)cc1. The van der Waals surface area contributed by atoms with E-state index in [-0.39, 0.29) is 17.7 Å². The van der Waals surface area contributed by atoms with E-state index in [0.717, 1.165) is 46.1 Å². The number of rotatable bonds is 8. The number of hydrogen-bond acceptors (Lipinski definition) is 6. The zero-order chi connectivity index (χ0) is 26.3. The molecular formula is C30H30N4O2S2. The van der Waals surface area contributed by atoms with Gasteiger partial charge in [0.2, 0.25) is 5.91 Å². The number of amides is 2. The van der Waals surface area contributed by atoms with Crippen LogP contribution in [0.25, 0.3) is 11.1 Å². The molecule has 1 aliphatic heterocycles. The van der Waals surface area contributed by atoms with Crippen LogP contribution in [0.2, 0.25) is 0 Å². The van der Waals surface area contributed by atoms with E-state index in [4.69, 9.17) is 4.98 Å². The summed E-state index contributed by atoms with van der Waals surface area (Å²) in [6, 6.07) is 22.0. The predicted molar refractivity (Wildman–Crippen MR) is 155 cm³/mol. The average molecular weight is 543 g/mol. The fourth-order valence-corrected chi connectivity index (χ4v) is 6.30. The number of nitrogens with one attached hydrogen (secondary N) is 1. The molecular weight excluding hydrogens is 512 g/mol. The van der Waals surface area contributed by atoms with Crippen molar-refractivity contribution in [1.82, 2.24) is 14.9 Å².